The Labute approximate surface area is 142 Å². The summed E-state index contributed by atoms with van der Waals surface area (Å²) in [6.45, 7) is 0. The fraction of sp³-hybridized carbons (Fsp3) is 0.0588. The number of nitrogens with zero attached hydrogens (tertiary/aromatic N) is 1. The SMILES string of the molecule is COc1ccc(/C=C2\SC(=S)N(c3cccc(F)c3)C2=O)cc1. The quantitative estimate of drug-likeness (QED) is 0.615. The first-order chi connectivity index (χ1) is 11.1. The predicted octanol–water partition coefficient (Wildman–Crippen LogP) is 4.24. The van der Waals surface area contributed by atoms with E-state index in [1.165, 1.54) is 28.8 Å². The van der Waals surface area contributed by atoms with Gasteiger partial charge in [0.05, 0.1) is 17.7 Å². The van der Waals surface area contributed by atoms with Gasteiger partial charge in [-0.3, -0.25) is 9.69 Å². The first kappa shape index (κ1) is 15.7. The second-order valence-corrected chi connectivity index (χ2v) is 6.45. The summed E-state index contributed by atoms with van der Waals surface area (Å²) in [4.78, 5) is 14.4. The van der Waals surface area contributed by atoms with Crippen LogP contribution in [-0.4, -0.2) is 17.3 Å². The summed E-state index contributed by atoms with van der Waals surface area (Å²) in [5.41, 5.74) is 1.30. The van der Waals surface area contributed by atoms with Gasteiger partial charge in [-0.15, -0.1) is 0 Å². The van der Waals surface area contributed by atoms with E-state index in [4.69, 9.17) is 17.0 Å². The highest BCUT2D eigenvalue weighted by Crippen LogP contribution is 2.36. The van der Waals surface area contributed by atoms with E-state index in [2.05, 4.69) is 0 Å². The molecule has 2 aromatic rings. The van der Waals surface area contributed by atoms with Crippen LogP contribution in [0.15, 0.2) is 53.4 Å². The standard InChI is InChI=1S/C17H12FNO2S2/c1-21-14-7-5-11(6-8-14)9-15-16(20)19(17(22)23-15)13-4-2-3-12(18)10-13/h2-10H,1H3/b15-9-. The Kier molecular flexibility index (Phi) is 4.45. The molecule has 23 heavy (non-hydrogen) atoms. The minimum absolute atomic E-state index is 0.249. The molecular weight excluding hydrogens is 333 g/mol. The topological polar surface area (TPSA) is 29.5 Å². The number of hydrogen-bond acceptors (Lipinski definition) is 4. The number of ether oxygens (including phenoxy) is 1. The predicted molar refractivity (Wildman–Crippen MR) is 95.0 cm³/mol. The molecule has 0 aromatic heterocycles. The molecule has 0 saturated carbocycles. The molecule has 1 heterocycles. The lowest BCUT2D eigenvalue weighted by Gasteiger charge is -2.14. The van der Waals surface area contributed by atoms with E-state index in [0.717, 1.165) is 11.3 Å². The van der Waals surface area contributed by atoms with Crippen LogP contribution in [0, 0.1) is 5.82 Å². The third kappa shape index (κ3) is 3.28. The van der Waals surface area contributed by atoms with Gasteiger partial charge in [0.1, 0.15) is 11.6 Å². The summed E-state index contributed by atoms with van der Waals surface area (Å²) in [5.74, 6) is 0.0894. The molecule has 116 valence electrons. The molecule has 2 aromatic carbocycles. The van der Waals surface area contributed by atoms with Crippen molar-refractivity contribution in [2.45, 2.75) is 0 Å². The van der Waals surface area contributed by atoms with E-state index in [1.807, 2.05) is 24.3 Å². The Morgan fingerprint density at radius 1 is 1.22 bits per heavy atom. The number of benzene rings is 2. The van der Waals surface area contributed by atoms with Crippen molar-refractivity contribution >= 4 is 46.0 Å². The number of anilines is 1. The lowest BCUT2D eigenvalue weighted by Crippen LogP contribution is -2.27. The van der Waals surface area contributed by atoms with Crippen molar-refractivity contribution in [3.63, 3.8) is 0 Å². The second-order valence-electron chi connectivity index (χ2n) is 4.77. The van der Waals surface area contributed by atoms with Gasteiger partial charge in [-0.2, -0.15) is 0 Å². The Balaban J connectivity index is 1.89. The van der Waals surface area contributed by atoms with Gasteiger partial charge in [0.2, 0.25) is 0 Å². The highest BCUT2D eigenvalue weighted by molar-refractivity contribution is 8.27. The number of thioether (sulfide) groups is 1. The lowest BCUT2D eigenvalue weighted by molar-refractivity contribution is -0.113. The van der Waals surface area contributed by atoms with Crippen molar-refractivity contribution in [1.29, 1.82) is 0 Å². The molecule has 3 nitrogen and oxygen atoms in total. The van der Waals surface area contributed by atoms with Gasteiger partial charge in [-0.25, -0.2) is 4.39 Å². The van der Waals surface area contributed by atoms with Crippen molar-refractivity contribution in [3.05, 3.63) is 64.8 Å². The van der Waals surface area contributed by atoms with E-state index in [1.54, 1.807) is 25.3 Å². The van der Waals surface area contributed by atoms with Crippen molar-refractivity contribution in [2.24, 2.45) is 0 Å². The normalized spacial score (nSPS) is 16.3. The van der Waals surface area contributed by atoms with Gasteiger partial charge in [0.25, 0.3) is 5.91 Å². The number of rotatable bonds is 3. The zero-order valence-electron chi connectivity index (χ0n) is 12.2. The zero-order valence-corrected chi connectivity index (χ0v) is 13.8. The van der Waals surface area contributed by atoms with Gasteiger partial charge >= 0.3 is 0 Å². The largest absolute Gasteiger partial charge is 0.497 e. The Bertz CT molecular complexity index is 802. The number of thiocarbonyl (C=S) groups is 1. The van der Waals surface area contributed by atoms with Crippen molar-refractivity contribution in [1.82, 2.24) is 0 Å². The third-order valence-electron chi connectivity index (χ3n) is 3.27. The summed E-state index contributed by atoms with van der Waals surface area (Å²) in [6, 6.07) is 13.2. The Morgan fingerprint density at radius 3 is 2.61 bits per heavy atom. The van der Waals surface area contributed by atoms with Crippen LogP contribution in [-0.2, 0) is 4.79 Å². The van der Waals surface area contributed by atoms with Gasteiger partial charge in [0.15, 0.2) is 4.32 Å². The minimum atomic E-state index is -0.407. The number of carbonyl (C=O) groups is 1. The first-order valence-corrected chi connectivity index (χ1v) is 7.98. The number of carbonyl (C=O) groups excluding carboxylic acids is 1. The molecule has 1 amide bonds. The maximum atomic E-state index is 13.4. The molecule has 1 aliphatic rings. The van der Waals surface area contributed by atoms with Crippen LogP contribution in [0.2, 0.25) is 0 Å². The maximum Gasteiger partial charge on any atom is 0.270 e. The molecule has 0 unspecified atom stereocenters. The first-order valence-electron chi connectivity index (χ1n) is 6.76. The Hall–Kier alpha value is -2.18. The van der Waals surface area contributed by atoms with Gasteiger partial charge in [-0.1, -0.05) is 42.2 Å². The van der Waals surface area contributed by atoms with Crippen LogP contribution in [0.5, 0.6) is 5.75 Å². The van der Waals surface area contributed by atoms with Gasteiger partial charge in [0, 0.05) is 0 Å². The molecular formula is C17H12FNO2S2. The van der Waals surface area contributed by atoms with Crippen LogP contribution in [0.1, 0.15) is 5.56 Å². The number of methoxy groups -OCH3 is 1. The molecule has 0 bridgehead atoms. The fourth-order valence-corrected chi connectivity index (χ4v) is 3.46. The molecule has 0 atom stereocenters. The zero-order chi connectivity index (χ0) is 16.4. The monoisotopic (exact) mass is 345 g/mol. The van der Waals surface area contributed by atoms with Crippen molar-refractivity contribution < 1.29 is 13.9 Å². The molecule has 1 saturated heterocycles. The van der Waals surface area contributed by atoms with Crippen molar-refractivity contribution in [3.8, 4) is 5.75 Å². The molecule has 1 aliphatic heterocycles. The van der Waals surface area contributed by atoms with E-state index in [-0.39, 0.29) is 5.91 Å². The van der Waals surface area contributed by atoms with E-state index >= 15 is 0 Å². The van der Waals surface area contributed by atoms with Crippen LogP contribution in [0.25, 0.3) is 6.08 Å². The molecule has 3 rings (SSSR count). The van der Waals surface area contributed by atoms with Crippen LogP contribution >= 0.6 is 24.0 Å². The highest BCUT2D eigenvalue weighted by atomic mass is 32.2. The summed E-state index contributed by atoms with van der Waals surface area (Å²) in [6.07, 6.45) is 1.76. The van der Waals surface area contributed by atoms with Crippen LogP contribution < -0.4 is 9.64 Å². The van der Waals surface area contributed by atoms with E-state index in [9.17, 15) is 9.18 Å². The third-order valence-corrected chi connectivity index (χ3v) is 4.58. The number of halogens is 1. The summed E-state index contributed by atoms with van der Waals surface area (Å²) < 4.78 is 18.9. The van der Waals surface area contributed by atoms with Crippen molar-refractivity contribution in [2.75, 3.05) is 12.0 Å². The van der Waals surface area contributed by atoms with E-state index in [0.29, 0.717) is 14.9 Å². The molecule has 1 fully saturated rings. The summed E-state index contributed by atoms with van der Waals surface area (Å²) in [7, 11) is 1.60. The smallest absolute Gasteiger partial charge is 0.270 e. The fourth-order valence-electron chi connectivity index (χ4n) is 2.16. The maximum absolute atomic E-state index is 13.4. The average Bonchev–Trinajstić information content (AvgIpc) is 2.82. The minimum Gasteiger partial charge on any atom is -0.497 e. The van der Waals surface area contributed by atoms with Crippen LogP contribution in [0.3, 0.4) is 0 Å². The second kappa shape index (κ2) is 6.52. The average molecular weight is 345 g/mol. The summed E-state index contributed by atoms with van der Waals surface area (Å²) in [5, 5.41) is 0. The van der Waals surface area contributed by atoms with Gasteiger partial charge < -0.3 is 4.74 Å². The molecule has 6 heteroatoms. The molecule has 0 spiro atoms. The number of hydrogen-bond donors (Lipinski definition) is 0. The number of amides is 1. The molecule has 0 N–H and O–H groups in total. The lowest BCUT2D eigenvalue weighted by atomic mass is 10.2. The summed E-state index contributed by atoms with van der Waals surface area (Å²) >= 11 is 6.46. The molecule has 0 aliphatic carbocycles. The molecule has 0 radical (unpaired) electrons. The van der Waals surface area contributed by atoms with Gasteiger partial charge in [-0.05, 0) is 42.0 Å². The highest BCUT2D eigenvalue weighted by Gasteiger charge is 2.33. The van der Waals surface area contributed by atoms with E-state index < -0.39 is 5.82 Å². The Morgan fingerprint density at radius 2 is 1.96 bits per heavy atom. The van der Waals surface area contributed by atoms with Crippen LogP contribution in [0.4, 0.5) is 10.1 Å².